The molecule has 0 aliphatic carbocycles. The molecule has 3 heterocycles. The molecule has 1 saturated heterocycles. The van der Waals surface area contributed by atoms with E-state index in [-0.39, 0.29) is 5.91 Å². The monoisotopic (exact) mass is 355 g/mol. The Morgan fingerprint density at radius 2 is 2.32 bits per heavy atom. The second kappa shape index (κ2) is 7.33. The van der Waals surface area contributed by atoms with Crippen molar-refractivity contribution in [2.24, 2.45) is 0 Å². The van der Waals surface area contributed by atoms with E-state index in [0.717, 1.165) is 49.3 Å². The first kappa shape index (κ1) is 16.2. The van der Waals surface area contributed by atoms with Crippen molar-refractivity contribution in [1.82, 2.24) is 19.9 Å². The van der Waals surface area contributed by atoms with Gasteiger partial charge in [0.2, 0.25) is 5.91 Å². The number of aromatic amines is 1. The van der Waals surface area contributed by atoms with Gasteiger partial charge >= 0.3 is 0 Å². The van der Waals surface area contributed by atoms with Crippen molar-refractivity contribution in [3.05, 3.63) is 41.7 Å². The lowest BCUT2D eigenvalue weighted by Crippen LogP contribution is -2.36. The van der Waals surface area contributed by atoms with Crippen LogP contribution in [0, 0.1) is 0 Å². The first-order valence-electron chi connectivity index (χ1n) is 8.64. The maximum absolute atomic E-state index is 12.0. The van der Waals surface area contributed by atoms with Crippen LogP contribution in [0.25, 0.3) is 11.0 Å². The number of rotatable bonds is 5. The van der Waals surface area contributed by atoms with Crippen molar-refractivity contribution in [1.29, 1.82) is 0 Å². The van der Waals surface area contributed by atoms with E-state index in [1.54, 1.807) is 6.20 Å². The molecule has 25 heavy (non-hydrogen) atoms. The van der Waals surface area contributed by atoms with Crippen LogP contribution < -0.4 is 5.32 Å². The normalized spacial score (nSPS) is 18.5. The summed E-state index contributed by atoms with van der Waals surface area (Å²) in [6, 6.07) is 8.15. The zero-order valence-corrected chi connectivity index (χ0v) is 14.8. The maximum Gasteiger partial charge on any atom is 0.227 e. The highest BCUT2D eigenvalue weighted by Crippen LogP contribution is 2.26. The number of likely N-dealkylation sites (tertiary alicyclic amines) is 1. The summed E-state index contributed by atoms with van der Waals surface area (Å²) in [4.78, 5) is 26.7. The Hall–Kier alpha value is -2.25. The van der Waals surface area contributed by atoms with E-state index in [0.29, 0.717) is 17.5 Å². The molecule has 130 valence electrons. The van der Waals surface area contributed by atoms with Gasteiger partial charge in [0.1, 0.15) is 5.82 Å². The topological polar surface area (TPSA) is 73.9 Å². The fourth-order valence-corrected chi connectivity index (χ4v) is 3.92. The Kier molecular flexibility index (Phi) is 4.76. The van der Waals surface area contributed by atoms with Crippen LogP contribution in [0.5, 0.6) is 0 Å². The summed E-state index contributed by atoms with van der Waals surface area (Å²) in [6.07, 6.45) is 4.47. The maximum atomic E-state index is 12.0. The number of carbonyl (C=O) groups excluding carboxylic acids is 1. The van der Waals surface area contributed by atoms with Crippen molar-refractivity contribution < 1.29 is 4.79 Å². The summed E-state index contributed by atoms with van der Waals surface area (Å²) in [5.74, 6) is 1.50. The van der Waals surface area contributed by atoms with Crippen molar-refractivity contribution >= 4 is 33.4 Å². The number of nitrogens with one attached hydrogen (secondary N) is 2. The Labute approximate surface area is 150 Å². The molecule has 1 amide bonds. The van der Waals surface area contributed by atoms with Crippen LogP contribution in [-0.2, 0) is 4.79 Å². The standard InChI is InChI=1S/C18H21N5OS/c24-16(22-18-19-8-11-25-18)7-10-23-9-3-4-13(12-23)17-20-14-5-1-2-6-15(14)21-17/h1-2,5-6,8,11,13H,3-4,7,9-10,12H2,(H,20,21)(H,19,22,24). The number of para-hydroxylation sites is 2. The van der Waals surface area contributed by atoms with Crippen LogP contribution in [0.1, 0.15) is 31.0 Å². The second-order valence-corrected chi connectivity index (χ2v) is 7.31. The lowest BCUT2D eigenvalue weighted by Gasteiger charge is -2.31. The van der Waals surface area contributed by atoms with Crippen molar-refractivity contribution in [3.63, 3.8) is 0 Å². The van der Waals surface area contributed by atoms with Crippen LogP contribution in [0.4, 0.5) is 5.13 Å². The SMILES string of the molecule is O=C(CCN1CCCC(c2nc3ccccc3[nH]2)C1)Nc1nccs1. The van der Waals surface area contributed by atoms with Gasteiger partial charge in [-0.25, -0.2) is 9.97 Å². The molecule has 1 unspecified atom stereocenters. The summed E-state index contributed by atoms with van der Waals surface area (Å²) < 4.78 is 0. The third kappa shape index (κ3) is 3.88. The van der Waals surface area contributed by atoms with Gasteiger partial charge in [0.05, 0.1) is 11.0 Å². The minimum atomic E-state index is 0.0285. The van der Waals surface area contributed by atoms with E-state index in [4.69, 9.17) is 4.98 Å². The first-order valence-corrected chi connectivity index (χ1v) is 9.52. The Morgan fingerprint density at radius 1 is 1.40 bits per heavy atom. The number of piperidine rings is 1. The highest BCUT2D eigenvalue weighted by molar-refractivity contribution is 7.13. The molecule has 1 aliphatic heterocycles. The van der Waals surface area contributed by atoms with Gasteiger partial charge in [-0.15, -0.1) is 11.3 Å². The molecular weight excluding hydrogens is 334 g/mol. The van der Waals surface area contributed by atoms with Gasteiger partial charge in [-0.3, -0.25) is 4.79 Å². The third-order valence-electron chi connectivity index (χ3n) is 4.63. The molecule has 3 aromatic rings. The van der Waals surface area contributed by atoms with Crippen LogP contribution in [0.15, 0.2) is 35.8 Å². The predicted octanol–water partition coefficient (Wildman–Crippen LogP) is 3.23. The van der Waals surface area contributed by atoms with Gasteiger partial charge < -0.3 is 15.2 Å². The van der Waals surface area contributed by atoms with E-state index in [2.05, 4.69) is 26.3 Å². The number of H-pyrrole nitrogens is 1. The zero-order chi connectivity index (χ0) is 17.1. The smallest absolute Gasteiger partial charge is 0.227 e. The Bertz CT molecular complexity index is 811. The van der Waals surface area contributed by atoms with Gasteiger partial charge in [0.25, 0.3) is 0 Å². The van der Waals surface area contributed by atoms with E-state index < -0.39 is 0 Å². The highest BCUT2D eigenvalue weighted by Gasteiger charge is 2.24. The number of imidazole rings is 1. The molecule has 1 atom stereocenters. The fraction of sp³-hybridized carbons (Fsp3) is 0.389. The number of thiazole rings is 1. The number of amides is 1. The second-order valence-electron chi connectivity index (χ2n) is 6.41. The zero-order valence-electron chi connectivity index (χ0n) is 13.9. The third-order valence-corrected chi connectivity index (χ3v) is 5.32. The van der Waals surface area contributed by atoms with Crippen LogP contribution in [0.3, 0.4) is 0 Å². The van der Waals surface area contributed by atoms with Gasteiger partial charge in [0, 0.05) is 37.0 Å². The molecular formula is C18H21N5OS. The van der Waals surface area contributed by atoms with Gasteiger partial charge in [-0.2, -0.15) is 0 Å². The quantitative estimate of drug-likeness (QED) is 0.737. The molecule has 6 nitrogen and oxygen atoms in total. The van der Waals surface area contributed by atoms with Crippen molar-refractivity contribution in [2.45, 2.75) is 25.2 Å². The molecule has 0 spiro atoms. The molecule has 7 heteroatoms. The van der Waals surface area contributed by atoms with Crippen molar-refractivity contribution in [2.75, 3.05) is 25.0 Å². The molecule has 0 saturated carbocycles. The van der Waals surface area contributed by atoms with E-state index in [9.17, 15) is 4.79 Å². The number of anilines is 1. The number of hydrogen-bond acceptors (Lipinski definition) is 5. The lowest BCUT2D eigenvalue weighted by molar-refractivity contribution is -0.116. The highest BCUT2D eigenvalue weighted by atomic mass is 32.1. The lowest BCUT2D eigenvalue weighted by atomic mass is 9.97. The predicted molar refractivity (Wildman–Crippen MR) is 99.9 cm³/mol. The average molecular weight is 355 g/mol. The van der Waals surface area contributed by atoms with Gasteiger partial charge in [-0.1, -0.05) is 12.1 Å². The summed E-state index contributed by atoms with van der Waals surface area (Å²) >= 11 is 1.44. The summed E-state index contributed by atoms with van der Waals surface area (Å²) in [5, 5.41) is 5.37. The minimum absolute atomic E-state index is 0.0285. The Balaban J connectivity index is 1.33. The number of nitrogens with zero attached hydrogens (tertiary/aromatic N) is 3. The largest absolute Gasteiger partial charge is 0.342 e. The molecule has 0 radical (unpaired) electrons. The summed E-state index contributed by atoms with van der Waals surface area (Å²) in [7, 11) is 0. The number of hydrogen-bond donors (Lipinski definition) is 2. The molecule has 1 aliphatic rings. The molecule has 1 aromatic carbocycles. The minimum Gasteiger partial charge on any atom is -0.342 e. The summed E-state index contributed by atoms with van der Waals surface area (Å²) in [6.45, 7) is 2.76. The van der Waals surface area contributed by atoms with Gasteiger partial charge in [-0.05, 0) is 31.5 Å². The molecule has 0 bridgehead atoms. The van der Waals surface area contributed by atoms with Crippen LogP contribution in [-0.4, -0.2) is 45.4 Å². The van der Waals surface area contributed by atoms with E-state index in [1.807, 2.05) is 23.6 Å². The van der Waals surface area contributed by atoms with E-state index >= 15 is 0 Å². The Morgan fingerprint density at radius 3 is 3.16 bits per heavy atom. The molecule has 2 aromatic heterocycles. The van der Waals surface area contributed by atoms with E-state index in [1.165, 1.54) is 11.3 Å². The summed E-state index contributed by atoms with van der Waals surface area (Å²) in [5.41, 5.74) is 2.12. The van der Waals surface area contributed by atoms with Crippen LogP contribution in [0.2, 0.25) is 0 Å². The number of fused-ring (bicyclic) bond motifs is 1. The molecule has 1 fully saturated rings. The van der Waals surface area contributed by atoms with Crippen molar-refractivity contribution in [3.8, 4) is 0 Å². The molecule has 2 N–H and O–H groups in total. The average Bonchev–Trinajstić information content (AvgIpc) is 3.29. The fourth-order valence-electron chi connectivity index (χ4n) is 3.37. The van der Waals surface area contributed by atoms with Gasteiger partial charge in [0.15, 0.2) is 5.13 Å². The van der Waals surface area contributed by atoms with Crippen LogP contribution >= 0.6 is 11.3 Å². The number of aromatic nitrogens is 3. The first-order chi connectivity index (χ1) is 12.3. The number of carbonyl (C=O) groups is 1. The molecule has 4 rings (SSSR count). The number of benzene rings is 1.